The van der Waals surface area contributed by atoms with E-state index in [9.17, 15) is 35.9 Å². The molecule has 1 fully saturated rings. The number of aromatic nitrogens is 3. The fraction of sp³-hybridized carbons (Fsp3) is 0.565. The van der Waals surface area contributed by atoms with Gasteiger partial charge in [0.05, 0.1) is 43.1 Å². The summed E-state index contributed by atoms with van der Waals surface area (Å²) in [6.07, 6.45) is -7.71. The quantitative estimate of drug-likeness (QED) is 0.282. The first kappa shape index (κ1) is 29.6. The Morgan fingerprint density at radius 3 is 2.62 bits per heavy atom. The molecule has 0 radical (unpaired) electrons. The Balaban J connectivity index is 1.29. The molecule has 0 saturated carbocycles. The van der Waals surface area contributed by atoms with Crippen molar-refractivity contribution >= 4 is 27.7 Å². The van der Waals surface area contributed by atoms with Crippen molar-refractivity contribution in [2.75, 3.05) is 49.7 Å². The first-order chi connectivity index (χ1) is 18.6. The average Bonchev–Trinajstić information content (AvgIpc) is 2.84. The van der Waals surface area contributed by atoms with Gasteiger partial charge in [-0.3, -0.25) is 9.59 Å². The van der Waals surface area contributed by atoms with Gasteiger partial charge in [-0.15, -0.1) is 0 Å². The number of nitrogens with zero attached hydrogens (tertiary/aromatic N) is 4. The van der Waals surface area contributed by atoms with Crippen molar-refractivity contribution in [3.63, 3.8) is 0 Å². The fourth-order valence-electron chi connectivity index (χ4n) is 4.74. The highest BCUT2D eigenvalue weighted by atomic mass is 28.1. The highest BCUT2D eigenvalue weighted by Crippen LogP contribution is 2.42. The Morgan fingerprint density at radius 1 is 1.23 bits per heavy atom. The zero-order valence-corrected chi connectivity index (χ0v) is 23.9. The van der Waals surface area contributed by atoms with Gasteiger partial charge in [-0.2, -0.15) is 31.4 Å². The lowest BCUT2D eigenvalue weighted by Crippen LogP contribution is -2.58. The number of carbonyl (C=O) groups is 1. The highest BCUT2D eigenvalue weighted by Gasteiger charge is 2.41. The van der Waals surface area contributed by atoms with Gasteiger partial charge in [-0.25, -0.2) is 10.1 Å². The molecule has 2 aromatic heterocycles. The summed E-state index contributed by atoms with van der Waals surface area (Å²) in [5, 5.41) is 7.01. The molecule has 0 aromatic carbocycles. The van der Waals surface area contributed by atoms with Crippen LogP contribution >= 0.6 is 0 Å². The number of hydrogen-bond donors (Lipinski definition) is 2. The van der Waals surface area contributed by atoms with Crippen LogP contribution in [0.5, 0.6) is 5.75 Å². The normalized spacial score (nSPS) is 18.9. The second-order valence-electron chi connectivity index (χ2n) is 10.2. The van der Waals surface area contributed by atoms with Crippen LogP contribution < -0.4 is 20.5 Å². The summed E-state index contributed by atoms with van der Waals surface area (Å²) in [5.74, 6) is 0.209. The number of fused-ring (bicyclic) bond motifs is 3. The fourth-order valence-corrected chi connectivity index (χ4v) is 5.21. The number of halogens is 6. The molecule has 0 spiro atoms. The zero-order chi connectivity index (χ0) is 29.5. The summed E-state index contributed by atoms with van der Waals surface area (Å²) in [4.78, 5) is 32.0. The van der Waals surface area contributed by atoms with E-state index in [1.54, 1.807) is 16.9 Å². The molecule has 220 valence electrons. The van der Waals surface area contributed by atoms with Gasteiger partial charge in [-0.1, -0.05) is 0 Å². The lowest BCUT2D eigenvalue weighted by Gasteiger charge is -2.45. The number of aromatic amines is 1. The number of pyridine rings is 1. The third-order valence-electron chi connectivity index (χ3n) is 6.63. The number of rotatable bonds is 7. The van der Waals surface area contributed by atoms with Crippen molar-refractivity contribution in [1.29, 1.82) is 0 Å². The lowest BCUT2D eigenvalue weighted by atomic mass is 10.1. The molecular formula is C23H28F6N6O4Si. The number of hydrogen-bond acceptors (Lipinski definition) is 8. The third kappa shape index (κ3) is 6.35. The van der Waals surface area contributed by atoms with E-state index in [2.05, 4.69) is 15.4 Å². The van der Waals surface area contributed by atoms with Crippen LogP contribution in [0.1, 0.15) is 30.0 Å². The molecule has 4 heterocycles. The van der Waals surface area contributed by atoms with Gasteiger partial charge >= 0.3 is 12.4 Å². The summed E-state index contributed by atoms with van der Waals surface area (Å²) in [6, 6.07) is -0.283. The minimum atomic E-state index is -4.87. The van der Waals surface area contributed by atoms with E-state index in [1.165, 1.54) is 6.92 Å². The summed E-state index contributed by atoms with van der Waals surface area (Å²) < 4.78 is 90.9. The number of nitrogens with one attached hydrogen (secondary N) is 2. The number of alkyl halides is 6. The topological polar surface area (TPSA) is 113 Å². The Morgan fingerprint density at radius 2 is 1.95 bits per heavy atom. The predicted octanol–water partition coefficient (Wildman–Crippen LogP) is 1.52. The summed E-state index contributed by atoms with van der Waals surface area (Å²) in [5.41, 5.74) is -4.07. The van der Waals surface area contributed by atoms with E-state index in [-0.39, 0.29) is 56.0 Å². The third-order valence-corrected chi connectivity index (χ3v) is 7.17. The van der Waals surface area contributed by atoms with Crippen LogP contribution in [0.25, 0.3) is 0 Å². The van der Waals surface area contributed by atoms with Gasteiger partial charge in [0.1, 0.15) is 12.2 Å². The predicted molar refractivity (Wildman–Crippen MR) is 134 cm³/mol. The van der Waals surface area contributed by atoms with Gasteiger partial charge in [0.15, 0.2) is 11.6 Å². The van der Waals surface area contributed by atoms with E-state index in [4.69, 9.17) is 9.47 Å². The Labute approximate surface area is 227 Å². The van der Waals surface area contributed by atoms with Crippen molar-refractivity contribution < 1.29 is 40.6 Å². The molecule has 10 nitrogen and oxygen atoms in total. The van der Waals surface area contributed by atoms with Crippen LogP contribution in [-0.2, 0) is 21.9 Å². The van der Waals surface area contributed by atoms with Crippen molar-refractivity contribution in [2.45, 2.75) is 43.8 Å². The number of H-pyrrole nitrogens is 1. The molecule has 40 heavy (non-hydrogen) atoms. The molecule has 2 atom stereocenters. The molecule has 0 bridgehead atoms. The Hall–Kier alpha value is -3.34. The van der Waals surface area contributed by atoms with Crippen LogP contribution in [0.2, 0.25) is 0 Å². The maximum atomic E-state index is 13.3. The van der Waals surface area contributed by atoms with Gasteiger partial charge in [0, 0.05) is 46.8 Å². The van der Waals surface area contributed by atoms with Gasteiger partial charge in [-0.05, 0) is 13.8 Å². The average molecular weight is 595 g/mol. The SMILES string of the molecule is Cc1c(C(F)(F)F)cnc2c1OC[C@H]1CN(C(=O)CCOC[C@](C)([SiH3])Nc3cn[nH]c(=O)c3C(F)(F)F)CCN21. The number of piperazine rings is 1. The van der Waals surface area contributed by atoms with Crippen LogP contribution in [0.4, 0.5) is 37.8 Å². The maximum Gasteiger partial charge on any atom is 0.423 e. The van der Waals surface area contributed by atoms with E-state index < -0.39 is 39.9 Å². The minimum absolute atomic E-state index is 0.0113. The standard InChI is InChI=1S/C23H28F6N6O4Si/c1-12-14(22(24,25)26)7-30-19-18(12)39-10-13-9-34(4-5-35(13)19)16(36)3-6-38-11-21(2,40)32-15-8-31-33-20(37)17(15)23(27,28)29/h7-8,13H,3-6,9-11H2,1-2,40H3,(H2,32,33,37)/t13-,21+/m1/s1. The van der Waals surface area contributed by atoms with Crippen LogP contribution in [0.3, 0.4) is 0 Å². The number of amides is 1. The highest BCUT2D eigenvalue weighted by molar-refractivity contribution is 6.16. The molecule has 0 aliphatic carbocycles. The van der Waals surface area contributed by atoms with E-state index in [1.807, 2.05) is 4.90 Å². The zero-order valence-electron chi connectivity index (χ0n) is 21.9. The molecule has 2 aliphatic heterocycles. The Kier molecular flexibility index (Phi) is 8.08. The smallest absolute Gasteiger partial charge is 0.423 e. The summed E-state index contributed by atoms with van der Waals surface area (Å²) in [7, 11) is 0.343. The monoisotopic (exact) mass is 594 g/mol. The van der Waals surface area contributed by atoms with Crippen LogP contribution in [-0.4, -0.2) is 86.9 Å². The van der Waals surface area contributed by atoms with Gasteiger partial charge in [0.25, 0.3) is 5.56 Å². The molecule has 0 unspecified atom stereocenters. The first-order valence-corrected chi connectivity index (χ1v) is 13.3. The molecular weight excluding hydrogens is 566 g/mol. The maximum absolute atomic E-state index is 13.3. The molecule has 1 amide bonds. The second kappa shape index (κ2) is 10.9. The van der Waals surface area contributed by atoms with Crippen molar-refractivity contribution in [3.8, 4) is 5.75 Å². The lowest BCUT2D eigenvalue weighted by molar-refractivity contribution is -0.139. The number of carbonyl (C=O) groups excluding carboxylic acids is 1. The molecule has 2 aromatic rings. The van der Waals surface area contributed by atoms with E-state index in [0.717, 1.165) is 12.4 Å². The van der Waals surface area contributed by atoms with Crippen molar-refractivity contribution in [2.24, 2.45) is 0 Å². The molecule has 1 saturated heterocycles. The Bertz CT molecular complexity index is 1320. The molecule has 4 rings (SSSR count). The summed E-state index contributed by atoms with van der Waals surface area (Å²) >= 11 is 0. The minimum Gasteiger partial charge on any atom is -0.487 e. The number of anilines is 2. The van der Waals surface area contributed by atoms with Crippen molar-refractivity contribution in [1.82, 2.24) is 20.1 Å². The molecule has 2 N–H and O–H groups in total. The van der Waals surface area contributed by atoms with Crippen molar-refractivity contribution in [3.05, 3.63) is 39.4 Å². The van der Waals surface area contributed by atoms with E-state index in [0.29, 0.717) is 29.1 Å². The van der Waals surface area contributed by atoms with Crippen LogP contribution in [0.15, 0.2) is 17.2 Å². The van der Waals surface area contributed by atoms with Crippen LogP contribution in [0, 0.1) is 6.92 Å². The van der Waals surface area contributed by atoms with E-state index >= 15 is 0 Å². The second-order valence-corrected chi connectivity index (χ2v) is 12.4. The van der Waals surface area contributed by atoms with Gasteiger partial charge in [0.2, 0.25) is 5.91 Å². The first-order valence-electron chi connectivity index (χ1n) is 12.3. The largest absolute Gasteiger partial charge is 0.487 e. The summed E-state index contributed by atoms with van der Waals surface area (Å²) in [6.45, 7) is 4.05. The molecule has 17 heteroatoms. The van der Waals surface area contributed by atoms with Gasteiger partial charge < -0.3 is 24.6 Å². The number of ether oxygens (including phenoxy) is 2. The molecule has 2 aliphatic rings.